The van der Waals surface area contributed by atoms with Crippen LogP contribution in [0.4, 0.5) is 5.69 Å². The van der Waals surface area contributed by atoms with Crippen LogP contribution in [0.2, 0.25) is 0 Å². The van der Waals surface area contributed by atoms with Crippen LogP contribution in [0.3, 0.4) is 0 Å². The highest BCUT2D eigenvalue weighted by atomic mass is 16.5. The summed E-state index contributed by atoms with van der Waals surface area (Å²) >= 11 is 0. The number of carbonyl (C=O) groups is 1. The molecule has 0 aliphatic carbocycles. The molecular weight excluding hydrogens is 316 g/mol. The molecule has 5 nitrogen and oxygen atoms in total. The second-order valence-corrected chi connectivity index (χ2v) is 6.24. The number of nitrogens with zero attached hydrogens (tertiary/aromatic N) is 1. The van der Waals surface area contributed by atoms with E-state index in [0.29, 0.717) is 23.8 Å². The van der Waals surface area contributed by atoms with E-state index >= 15 is 0 Å². The second kappa shape index (κ2) is 7.92. The number of ether oxygens (including phenoxy) is 2. The standard InChI is InChI=1S/C20H24N2O3/c1-24-18-8-6-17(7-9-18)22-11-10-15(14-22)13-21-20(23)16-4-3-5-19(12-16)25-2/h3-9,12,15H,10-11,13-14H2,1-2H3,(H,21,23). The summed E-state index contributed by atoms with van der Waals surface area (Å²) in [5.74, 6) is 1.96. The first-order valence-electron chi connectivity index (χ1n) is 8.51. The first-order chi connectivity index (χ1) is 12.2. The fraction of sp³-hybridized carbons (Fsp3) is 0.350. The molecule has 1 N–H and O–H groups in total. The van der Waals surface area contributed by atoms with E-state index in [2.05, 4.69) is 22.3 Å². The molecular formula is C20H24N2O3. The van der Waals surface area contributed by atoms with Crippen molar-refractivity contribution in [3.05, 3.63) is 54.1 Å². The summed E-state index contributed by atoms with van der Waals surface area (Å²) in [6, 6.07) is 15.3. The molecule has 1 aliphatic rings. The molecule has 1 atom stereocenters. The van der Waals surface area contributed by atoms with Crippen molar-refractivity contribution in [1.82, 2.24) is 5.32 Å². The zero-order chi connectivity index (χ0) is 17.6. The van der Waals surface area contributed by atoms with Crippen molar-refractivity contribution >= 4 is 11.6 Å². The molecule has 5 heteroatoms. The van der Waals surface area contributed by atoms with Crippen LogP contribution in [0.25, 0.3) is 0 Å². The summed E-state index contributed by atoms with van der Waals surface area (Å²) in [7, 11) is 3.27. The van der Waals surface area contributed by atoms with Gasteiger partial charge in [0, 0.05) is 30.9 Å². The highest BCUT2D eigenvalue weighted by molar-refractivity contribution is 5.94. The van der Waals surface area contributed by atoms with Crippen LogP contribution in [0.1, 0.15) is 16.8 Å². The maximum Gasteiger partial charge on any atom is 0.251 e. The number of rotatable bonds is 6. The Labute approximate surface area is 148 Å². The number of hydrogen-bond acceptors (Lipinski definition) is 4. The lowest BCUT2D eigenvalue weighted by Crippen LogP contribution is -2.31. The molecule has 1 unspecified atom stereocenters. The van der Waals surface area contributed by atoms with Crippen LogP contribution in [-0.2, 0) is 0 Å². The van der Waals surface area contributed by atoms with Gasteiger partial charge in [0.1, 0.15) is 11.5 Å². The van der Waals surface area contributed by atoms with Gasteiger partial charge in [-0.3, -0.25) is 4.79 Å². The molecule has 3 rings (SSSR count). The number of amides is 1. The SMILES string of the molecule is COc1ccc(N2CCC(CNC(=O)c3cccc(OC)c3)C2)cc1. The van der Waals surface area contributed by atoms with Crippen molar-refractivity contribution in [3.63, 3.8) is 0 Å². The fourth-order valence-corrected chi connectivity index (χ4v) is 3.13. The minimum atomic E-state index is -0.0539. The summed E-state index contributed by atoms with van der Waals surface area (Å²) in [6.07, 6.45) is 1.07. The highest BCUT2D eigenvalue weighted by Crippen LogP contribution is 2.25. The zero-order valence-corrected chi connectivity index (χ0v) is 14.7. The number of nitrogens with one attached hydrogen (secondary N) is 1. The van der Waals surface area contributed by atoms with E-state index < -0.39 is 0 Å². The normalized spacial score (nSPS) is 16.6. The topological polar surface area (TPSA) is 50.8 Å². The maximum atomic E-state index is 12.3. The molecule has 0 radical (unpaired) electrons. The van der Waals surface area contributed by atoms with E-state index in [-0.39, 0.29) is 5.91 Å². The first-order valence-corrected chi connectivity index (χ1v) is 8.51. The van der Waals surface area contributed by atoms with Crippen LogP contribution >= 0.6 is 0 Å². The van der Waals surface area contributed by atoms with Crippen LogP contribution < -0.4 is 19.7 Å². The molecule has 1 fully saturated rings. The number of carbonyl (C=O) groups excluding carboxylic acids is 1. The van der Waals surface area contributed by atoms with Gasteiger partial charge in [0.15, 0.2) is 0 Å². The summed E-state index contributed by atoms with van der Waals surface area (Å²) < 4.78 is 10.4. The van der Waals surface area contributed by atoms with Gasteiger partial charge in [-0.2, -0.15) is 0 Å². The van der Waals surface area contributed by atoms with E-state index in [1.807, 2.05) is 24.3 Å². The number of anilines is 1. The van der Waals surface area contributed by atoms with E-state index in [1.165, 1.54) is 5.69 Å². The summed E-state index contributed by atoms with van der Waals surface area (Å²) in [5, 5.41) is 3.04. The van der Waals surface area contributed by atoms with Crippen LogP contribution in [-0.4, -0.2) is 39.8 Å². The van der Waals surface area contributed by atoms with E-state index in [1.54, 1.807) is 26.4 Å². The Morgan fingerprint density at radius 1 is 1.12 bits per heavy atom. The molecule has 132 valence electrons. The largest absolute Gasteiger partial charge is 0.497 e. The van der Waals surface area contributed by atoms with Crippen molar-refractivity contribution in [2.45, 2.75) is 6.42 Å². The quantitative estimate of drug-likeness (QED) is 0.878. The highest BCUT2D eigenvalue weighted by Gasteiger charge is 2.23. The van der Waals surface area contributed by atoms with Crippen molar-refractivity contribution in [2.24, 2.45) is 5.92 Å². The van der Waals surface area contributed by atoms with Gasteiger partial charge in [-0.25, -0.2) is 0 Å². The van der Waals surface area contributed by atoms with Gasteiger partial charge in [0.25, 0.3) is 5.91 Å². The Hall–Kier alpha value is -2.69. The van der Waals surface area contributed by atoms with Gasteiger partial charge in [0.2, 0.25) is 0 Å². The monoisotopic (exact) mass is 340 g/mol. The second-order valence-electron chi connectivity index (χ2n) is 6.24. The lowest BCUT2D eigenvalue weighted by molar-refractivity contribution is 0.0948. The summed E-state index contributed by atoms with van der Waals surface area (Å²) in [6.45, 7) is 2.64. The Morgan fingerprint density at radius 3 is 2.60 bits per heavy atom. The van der Waals surface area contributed by atoms with Gasteiger partial charge >= 0.3 is 0 Å². The van der Waals surface area contributed by atoms with Crippen LogP contribution in [0, 0.1) is 5.92 Å². The van der Waals surface area contributed by atoms with Gasteiger partial charge in [0.05, 0.1) is 14.2 Å². The zero-order valence-electron chi connectivity index (χ0n) is 14.7. The molecule has 0 spiro atoms. The Balaban J connectivity index is 1.51. The van der Waals surface area contributed by atoms with Crippen LogP contribution in [0.5, 0.6) is 11.5 Å². The van der Waals surface area contributed by atoms with Crippen molar-refractivity contribution in [2.75, 3.05) is 38.8 Å². The van der Waals surface area contributed by atoms with Crippen LogP contribution in [0.15, 0.2) is 48.5 Å². The third-order valence-electron chi connectivity index (χ3n) is 4.61. The molecule has 1 aliphatic heterocycles. The first kappa shape index (κ1) is 17.1. The molecule has 1 amide bonds. The van der Waals surface area contributed by atoms with E-state index in [4.69, 9.17) is 9.47 Å². The average Bonchev–Trinajstić information content (AvgIpc) is 3.15. The lowest BCUT2D eigenvalue weighted by atomic mass is 10.1. The third-order valence-corrected chi connectivity index (χ3v) is 4.61. The average molecular weight is 340 g/mol. The number of benzene rings is 2. The van der Waals surface area contributed by atoms with Gasteiger partial charge < -0.3 is 19.7 Å². The molecule has 0 saturated carbocycles. The molecule has 1 heterocycles. The Kier molecular flexibility index (Phi) is 5.43. The smallest absolute Gasteiger partial charge is 0.251 e. The number of methoxy groups -OCH3 is 2. The maximum absolute atomic E-state index is 12.3. The Morgan fingerprint density at radius 2 is 1.88 bits per heavy atom. The minimum Gasteiger partial charge on any atom is -0.497 e. The fourth-order valence-electron chi connectivity index (χ4n) is 3.13. The minimum absolute atomic E-state index is 0.0539. The predicted molar refractivity (Wildman–Crippen MR) is 98.6 cm³/mol. The van der Waals surface area contributed by atoms with Gasteiger partial charge in [-0.05, 0) is 54.8 Å². The van der Waals surface area contributed by atoms with Gasteiger partial charge in [-0.1, -0.05) is 6.07 Å². The predicted octanol–water partition coefficient (Wildman–Crippen LogP) is 2.96. The lowest BCUT2D eigenvalue weighted by Gasteiger charge is -2.19. The molecule has 2 aromatic rings. The van der Waals surface area contributed by atoms with Crippen molar-refractivity contribution in [1.29, 1.82) is 0 Å². The van der Waals surface area contributed by atoms with E-state index in [9.17, 15) is 4.79 Å². The number of hydrogen-bond donors (Lipinski definition) is 1. The Bertz CT molecular complexity index is 715. The van der Waals surface area contributed by atoms with E-state index in [0.717, 1.165) is 25.3 Å². The molecule has 25 heavy (non-hydrogen) atoms. The summed E-state index contributed by atoms with van der Waals surface area (Å²) in [4.78, 5) is 14.6. The van der Waals surface area contributed by atoms with Crippen molar-refractivity contribution < 1.29 is 14.3 Å². The summed E-state index contributed by atoms with van der Waals surface area (Å²) in [5.41, 5.74) is 1.83. The molecule has 0 aromatic heterocycles. The van der Waals surface area contributed by atoms with Gasteiger partial charge in [-0.15, -0.1) is 0 Å². The third kappa shape index (κ3) is 4.24. The molecule has 0 bridgehead atoms. The molecule has 1 saturated heterocycles. The molecule has 2 aromatic carbocycles. The van der Waals surface area contributed by atoms with Crippen molar-refractivity contribution in [3.8, 4) is 11.5 Å².